The summed E-state index contributed by atoms with van der Waals surface area (Å²) >= 11 is 0. The van der Waals surface area contributed by atoms with Crippen LogP contribution in [0.2, 0.25) is 0 Å². The predicted molar refractivity (Wildman–Crippen MR) is 93.9 cm³/mol. The molecule has 1 aliphatic rings. The Balaban J connectivity index is 2.32. The van der Waals surface area contributed by atoms with E-state index in [2.05, 4.69) is 5.32 Å². The lowest BCUT2D eigenvalue weighted by Crippen LogP contribution is -2.62. The maximum atomic E-state index is 12.4. The van der Waals surface area contributed by atoms with Gasteiger partial charge in [0, 0.05) is 12.7 Å². The number of hydrogen-bond donors (Lipinski definition) is 1. The van der Waals surface area contributed by atoms with Crippen molar-refractivity contribution in [2.24, 2.45) is 0 Å². The van der Waals surface area contributed by atoms with E-state index in [0.717, 1.165) is 12.5 Å². The van der Waals surface area contributed by atoms with E-state index in [4.69, 9.17) is 17.8 Å². The number of rotatable bonds is 7. The summed E-state index contributed by atoms with van der Waals surface area (Å²) in [6.45, 7) is -0.180. The summed E-state index contributed by atoms with van der Waals surface area (Å²) in [5.74, 6) is -0.514. The molecule has 1 saturated heterocycles. The second-order valence-electron chi connectivity index (χ2n) is 5.91. The first-order valence-corrected chi connectivity index (χ1v) is 11.4. The third kappa shape index (κ3) is 6.52. The van der Waals surface area contributed by atoms with Gasteiger partial charge in [-0.3, -0.25) is 13.2 Å². The van der Waals surface area contributed by atoms with Gasteiger partial charge >= 0.3 is 0 Å². The molecular formula is C15H21NO9S2. The lowest BCUT2D eigenvalue weighted by Gasteiger charge is -2.40. The Kier molecular flexibility index (Phi) is 6.94. The second kappa shape index (κ2) is 8.63. The number of methoxy groups -OCH3 is 1. The van der Waals surface area contributed by atoms with Crippen LogP contribution in [0.15, 0.2) is 30.3 Å². The number of nitrogens with one attached hydrogen (secondary N) is 1. The molecule has 0 radical (unpaired) electrons. The first kappa shape index (κ1) is 21.7. The topological polar surface area (TPSA) is 134 Å². The van der Waals surface area contributed by atoms with Crippen LogP contribution in [0, 0.1) is 0 Å². The Bertz CT molecular complexity index is 855. The summed E-state index contributed by atoms with van der Waals surface area (Å²) in [6, 6.07) is 7.17. The van der Waals surface area contributed by atoms with Gasteiger partial charge in [-0.05, 0) is 12.1 Å². The van der Waals surface area contributed by atoms with Crippen LogP contribution in [-0.2, 0) is 38.1 Å². The minimum Gasteiger partial charge on any atom is -0.353 e. The highest BCUT2D eigenvalue weighted by Crippen LogP contribution is 2.25. The van der Waals surface area contributed by atoms with Crippen LogP contribution in [0.25, 0.3) is 0 Å². The molecular weight excluding hydrogens is 402 g/mol. The molecule has 0 spiro atoms. The zero-order valence-electron chi connectivity index (χ0n) is 14.9. The first-order valence-electron chi connectivity index (χ1n) is 7.77. The van der Waals surface area contributed by atoms with Crippen molar-refractivity contribution in [3.8, 4) is 0 Å². The molecule has 1 N–H and O–H groups in total. The minimum absolute atomic E-state index is 0.180. The van der Waals surface area contributed by atoms with Crippen molar-refractivity contribution in [1.29, 1.82) is 0 Å². The van der Waals surface area contributed by atoms with Gasteiger partial charge in [-0.1, -0.05) is 18.2 Å². The van der Waals surface area contributed by atoms with E-state index in [0.29, 0.717) is 5.56 Å². The SMILES string of the molecule is CO[C@H]1OC[C@@H](NC(=O)c2ccccc2)[C@@H](OS(C)(=O)=O)[C@H]1OS(C)(=O)=O. The normalized spacial score (nSPS) is 26.5. The molecule has 0 bridgehead atoms. The van der Waals surface area contributed by atoms with Crippen LogP contribution in [0.4, 0.5) is 0 Å². The highest BCUT2D eigenvalue weighted by molar-refractivity contribution is 7.86. The lowest BCUT2D eigenvalue weighted by atomic mass is 10.0. The molecule has 1 fully saturated rings. The van der Waals surface area contributed by atoms with Crippen molar-refractivity contribution in [1.82, 2.24) is 5.32 Å². The molecule has 0 aromatic heterocycles. The molecule has 4 atom stereocenters. The van der Waals surface area contributed by atoms with E-state index < -0.39 is 50.7 Å². The summed E-state index contributed by atoms with van der Waals surface area (Å²) in [5.41, 5.74) is 0.324. The molecule has 10 nitrogen and oxygen atoms in total. The van der Waals surface area contributed by atoms with Crippen molar-refractivity contribution in [2.75, 3.05) is 26.2 Å². The van der Waals surface area contributed by atoms with Crippen LogP contribution in [0.3, 0.4) is 0 Å². The molecule has 0 unspecified atom stereocenters. The summed E-state index contributed by atoms with van der Waals surface area (Å²) in [6.07, 6.45) is -2.45. The van der Waals surface area contributed by atoms with Crippen LogP contribution in [0.5, 0.6) is 0 Å². The van der Waals surface area contributed by atoms with E-state index in [1.165, 1.54) is 7.11 Å². The fraction of sp³-hybridized carbons (Fsp3) is 0.533. The van der Waals surface area contributed by atoms with E-state index in [1.54, 1.807) is 30.3 Å². The Morgan fingerprint density at radius 1 is 1.04 bits per heavy atom. The van der Waals surface area contributed by atoms with Gasteiger partial charge in [-0.25, -0.2) is 0 Å². The van der Waals surface area contributed by atoms with E-state index in [9.17, 15) is 21.6 Å². The Hall–Kier alpha value is -1.57. The third-order valence-corrected chi connectivity index (χ3v) is 4.73. The predicted octanol–water partition coefficient (Wildman–Crippen LogP) is -0.523. The molecule has 1 amide bonds. The molecule has 12 heteroatoms. The fourth-order valence-electron chi connectivity index (χ4n) is 2.56. The fourth-order valence-corrected chi connectivity index (χ4v) is 3.82. The van der Waals surface area contributed by atoms with Crippen LogP contribution in [0.1, 0.15) is 10.4 Å². The van der Waals surface area contributed by atoms with Gasteiger partial charge in [0.1, 0.15) is 6.10 Å². The number of ether oxygens (including phenoxy) is 2. The maximum absolute atomic E-state index is 12.4. The minimum atomic E-state index is -4.01. The van der Waals surface area contributed by atoms with Crippen molar-refractivity contribution in [3.05, 3.63) is 35.9 Å². The van der Waals surface area contributed by atoms with Gasteiger partial charge in [-0.15, -0.1) is 0 Å². The highest BCUT2D eigenvalue weighted by atomic mass is 32.2. The number of amides is 1. The molecule has 2 rings (SSSR count). The van der Waals surface area contributed by atoms with Gasteiger partial charge in [0.15, 0.2) is 12.4 Å². The van der Waals surface area contributed by atoms with Crippen LogP contribution in [-0.4, -0.2) is 73.5 Å². The number of carbonyl (C=O) groups is 1. The van der Waals surface area contributed by atoms with Gasteiger partial charge in [-0.2, -0.15) is 16.8 Å². The van der Waals surface area contributed by atoms with Gasteiger partial charge < -0.3 is 14.8 Å². The Morgan fingerprint density at radius 3 is 2.11 bits per heavy atom. The standard InChI is InChI=1S/C15H21NO9S2/c1-22-15-13(25-27(3,20)21)12(24-26(2,18)19)11(9-23-15)16-14(17)10-7-5-4-6-8-10/h4-8,11-13,15H,9H2,1-3H3,(H,16,17)/t11-,12-,13-,15+/m1/s1. The van der Waals surface area contributed by atoms with Gasteiger partial charge in [0.05, 0.1) is 25.2 Å². The zero-order valence-corrected chi connectivity index (χ0v) is 16.5. The average Bonchev–Trinajstić information content (AvgIpc) is 2.56. The molecule has 27 heavy (non-hydrogen) atoms. The van der Waals surface area contributed by atoms with Crippen LogP contribution >= 0.6 is 0 Å². The van der Waals surface area contributed by atoms with Crippen molar-refractivity contribution < 1.29 is 39.5 Å². The Labute approximate surface area is 158 Å². The molecule has 1 heterocycles. The quantitative estimate of drug-likeness (QED) is 0.575. The molecule has 0 saturated carbocycles. The van der Waals surface area contributed by atoms with E-state index in [1.807, 2.05) is 0 Å². The number of hydrogen-bond acceptors (Lipinski definition) is 9. The van der Waals surface area contributed by atoms with Gasteiger partial charge in [0.25, 0.3) is 26.1 Å². The van der Waals surface area contributed by atoms with Crippen molar-refractivity contribution >= 4 is 26.1 Å². The van der Waals surface area contributed by atoms with Crippen molar-refractivity contribution in [2.45, 2.75) is 24.5 Å². The highest BCUT2D eigenvalue weighted by Gasteiger charge is 2.46. The smallest absolute Gasteiger partial charge is 0.264 e. The molecule has 1 aromatic rings. The number of carbonyl (C=O) groups excluding carboxylic acids is 1. The lowest BCUT2D eigenvalue weighted by molar-refractivity contribution is -0.226. The Morgan fingerprint density at radius 2 is 1.59 bits per heavy atom. The second-order valence-corrected chi connectivity index (χ2v) is 9.11. The summed E-state index contributed by atoms with van der Waals surface area (Å²) in [4.78, 5) is 12.4. The first-order chi connectivity index (χ1) is 12.5. The van der Waals surface area contributed by atoms with Gasteiger partial charge in [0.2, 0.25) is 0 Å². The third-order valence-electron chi connectivity index (χ3n) is 3.59. The average molecular weight is 423 g/mol. The molecule has 1 aromatic carbocycles. The molecule has 0 aliphatic carbocycles. The molecule has 1 aliphatic heterocycles. The van der Waals surface area contributed by atoms with E-state index >= 15 is 0 Å². The maximum Gasteiger partial charge on any atom is 0.264 e. The summed E-state index contributed by atoms with van der Waals surface area (Å²) in [5, 5.41) is 2.58. The summed E-state index contributed by atoms with van der Waals surface area (Å²) in [7, 11) is -6.78. The van der Waals surface area contributed by atoms with Crippen LogP contribution < -0.4 is 5.32 Å². The van der Waals surface area contributed by atoms with Crippen molar-refractivity contribution in [3.63, 3.8) is 0 Å². The largest absolute Gasteiger partial charge is 0.353 e. The summed E-state index contributed by atoms with van der Waals surface area (Å²) < 4.78 is 66.9. The number of benzene rings is 1. The molecule has 152 valence electrons. The monoisotopic (exact) mass is 423 g/mol. The zero-order chi connectivity index (χ0) is 20.2. The van der Waals surface area contributed by atoms with E-state index in [-0.39, 0.29) is 6.61 Å².